The minimum absolute atomic E-state index is 0.166. The molecule has 0 radical (unpaired) electrons. The molecule has 0 aromatic heterocycles. The second-order valence-corrected chi connectivity index (χ2v) is 5.12. The molecule has 1 atom stereocenters. The zero-order valence-corrected chi connectivity index (χ0v) is 11.9. The average molecular weight is 287 g/mol. The number of rotatable bonds is 5. The first-order valence-corrected chi connectivity index (χ1v) is 7.06. The quantitative estimate of drug-likeness (QED) is 0.899. The van der Waals surface area contributed by atoms with Crippen molar-refractivity contribution in [2.75, 3.05) is 32.8 Å². The minimum Gasteiger partial charge on any atom is -0.374 e. The molecule has 0 bridgehead atoms. The fourth-order valence-corrected chi connectivity index (χ4v) is 2.48. The monoisotopic (exact) mass is 286 g/mol. The van der Waals surface area contributed by atoms with E-state index in [1.165, 1.54) is 6.07 Å². The van der Waals surface area contributed by atoms with Crippen molar-refractivity contribution in [3.8, 4) is 0 Å². The van der Waals surface area contributed by atoms with Crippen molar-refractivity contribution in [3.63, 3.8) is 0 Å². The second-order valence-electron chi connectivity index (χ2n) is 4.72. The highest BCUT2D eigenvalue weighted by Gasteiger charge is 2.18. The largest absolute Gasteiger partial charge is 0.374 e. The van der Waals surface area contributed by atoms with E-state index in [2.05, 4.69) is 17.1 Å². The van der Waals surface area contributed by atoms with E-state index in [4.69, 9.17) is 16.3 Å². The maximum atomic E-state index is 13.6. The molecule has 19 heavy (non-hydrogen) atoms. The Balaban J connectivity index is 1.80. The summed E-state index contributed by atoms with van der Waals surface area (Å²) in [5.74, 6) is -0.264. The fraction of sp³-hybridized carbons (Fsp3) is 0.571. The summed E-state index contributed by atoms with van der Waals surface area (Å²) in [6.45, 7) is 7.01. The van der Waals surface area contributed by atoms with Crippen molar-refractivity contribution in [1.29, 1.82) is 0 Å². The lowest BCUT2D eigenvalue weighted by molar-refractivity contribution is -0.0254. The number of benzene rings is 1. The first-order valence-electron chi connectivity index (χ1n) is 6.68. The molecule has 1 aromatic rings. The van der Waals surface area contributed by atoms with Crippen LogP contribution in [0.1, 0.15) is 12.5 Å². The van der Waals surface area contributed by atoms with Crippen LogP contribution in [0, 0.1) is 5.82 Å². The Kier molecular flexibility index (Phi) is 5.58. The highest BCUT2D eigenvalue weighted by molar-refractivity contribution is 6.31. The Bertz CT molecular complexity index is 396. The number of nitrogens with zero attached hydrogens (tertiary/aromatic N) is 1. The Morgan fingerprint density at radius 2 is 2.37 bits per heavy atom. The van der Waals surface area contributed by atoms with Crippen molar-refractivity contribution in [2.24, 2.45) is 0 Å². The van der Waals surface area contributed by atoms with E-state index in [9.17, 15) is 4.39 Å². The van der Waals surface area contributed by atoms with E-state index in [1.54, 1.807) is 12.1 Å². The normalized spacial score (nSPS) is 20.7. The van der Waals surface area contributed by atoms with Gasteiger partial charge in [0.05, 0.1) is 12.7 Å². The molecule has 3 nitrogen and oxygen atoms in total. The van der Waals surface area contributed by atoms with E-state index < -0.39 is 0 Å². The Morgan fingerprint density at radius 3 is 3.11 bits per heavy atom. The van der Waals surface area contributed by atoms with Gasteiger partial charge in [0.15, 0.2) is 0 Å². The lowest BCUT2D eigenvalue weighted by Gasteiger charge is -2.32. The van der Waals surface area contributed by atoms with Crippen molar-refractivity contribution >= 4 is 11.6 Å². The molecule has 1 heterocycles. The number of morpholine rings is 1. The fourth-order valence-electron chi connectivity index (χ4n) is 2.25. The molecule has 1 aliphatic heterocycles. The van der Waals surface area contributed by atoms with E-state index in [-0.39, 0.29) is 11.9 Å². The van der Waals surface area contributed by atoms with Gasteiger partial charge in [-0.1, -0.05) is 24.6 Å². The molecule has 1 unspecified atom stereocenters. The van der Waals surface area contributed by atoms with Crippen LogP contribution in [-0.2, 0) is 11.3 Å². The minimum atomic E-state index is -0.264. The molecule has 0 amide bonds. The van der Waals surface area contributed by atoms with Gasteiger partial charge in [-0.3, -0.25) is 4.90 Å². The summed E-state index contributed by atoms with van der Waals surface area (Å²) in [6.07, 6.45) is 0.166. The lowest BCUT2D eigenvalue weighted by Crippen LogP contribution is -2.46. The third kappa shape index (κ3) is 4.14. The maximum absolute atomic E-state index is 13.6. The molecular weight excluding hydrogens is 267 g/mol. The molecule has 2 rings (SSSR count). The lowest BCUT2D eigenvalue weighted by atomic mass is 10.2. The number of ether oxygens (including phenoxy) is 1. The van der Waals surface area contributed by atoms with Crippen LogP contribution >= 0.6 is 11.6 Å². The number of hydrogen-bond donors (Lipinski definition) is 1. The van der Waals surface area contributed by atoms with Gasteiger partial charge < -0.3 is 10.1 Å². The summed E-state index contributed by atoms with van der Waals surface area (Å²) in [7, 11) is 0. The van der Waals surface area contributed by atoms with Gasteiger partial charge in [-0.2, -0.15) is 0 Å². The second kappa shape index (κ2) is 7.20. The summed E-state index contributed by atoms with van der Waals surface area (Å²) in [6, 6.07) is 4.75. The Morgan fingerprint density at radius 1 is 1.53 bits per heavy atom. The van der Waals surface area contributed by atoms with Crippen molar-refractivity contribution in [2.45, 2.75) is 19.6 Å². The topological polar surface area (TPSA) is 24.5 Å². The summed E-state index contributed by atoms with van der Waals surface area (Å²) in [4.78, 5) is 2.35. The van der Waals surface area contributed by atoms with Crippen LogP contribution in [0.3, 0.4) is 0 Å². The zero-order chi connectivity index (χ0) is 13.7. The molecule has 0 spiro atoms. The number of likely N-dealkylation sites (N-methyl/N-ethyl adjacent to an activating group) is 1. The zero-order valence-electron chi connectivity index (χ0n) is 11.2. The Hall–Kier alpha value is -0.680. The van der Waals surface area contributed by atoms with Gasteiger partial charge >= 0.3 is 0 Å². The van der Waals surface area contributed by atoms with Gasteiger partial charge in [-0.25, -0.2) is 4.39 Å². The van der Waals surface area contributed by atoms with Crippen molar-refractivity contribution in [1.82, 2.24) is 10.2 Å². The van der Waals surface area contributed by atoms with E-state index in [1.807, 2.05) is 0 Å². The summed E-state index contributed by atoms with van der Waals surface area (Å²) in [5.41, 5.74) is 0.521. The van der Waals surface area contributed by atoms with Gasteiger partial charge in [0, 0.05) is 36.8 Å². The van der Waals surface area contributed by atoms with Gasteiger partial charge in [-0.05, 0) is 18.7 Å². The van der Waals surface area contributed by atoms with E-state index >= 15 is 0 Å². The highest BCUT2D eigenvalue weighted by Crippen LogP contribution is 2.18. The van der Waals surface area contributed by atoms with Crippen LogP contribution in [0.5, 0.6) is 0 Å². The maximum Gasteiger partial charge on any atom is 0.129 e. The van der Waals surface area contributed by atoms with Crippen LogP contribution in [0.4, 0.5) is 4.39 Å². The van der Waals surface area contributed by atoms with Gasteiger partial charge in [0.1, 0.15) is 5.82 Å². The average Bonchev–Trinajstić information content (AvgIpc) is 2.42. The van der Waals surface area contributed by atoms with Crippen LogP contribution < -0.4 is 5.32 Å². The molecule has 106 valence electrons. The number of halogens is 2. The summed E-state index contributed by atoms with van der Waals surface area (Å²) >= 11 is 5.98. The van der Waals surface area contributed by atoms with Crippen LogP contribution in [0.25, 0.3) is 0 Å². The van der Waals surface area contributed by atoms with Crippen LogP contribution in [0.2, 0.25) is 5.02 Å². The number of hydrogen-bond acceptors (Lipinski definition) is 3. The molecule has 1 aromatic carbocycles. The standard InChI is InChI=1S/C14H20ClFN2O/c1-2-18-6-7-19-11(10-18)8-17-9-12-13(15)4-3-5-14(12)16/h3-5,11,17H,2,6-10H2,1H3. The Labute approximate surface area is 118 Å². The summed E-state index contributed by atoms with van der Waals surface area (Å²) < 4.78 is 19.2. The molecule has 1 aliphatic rings. The van der Waals surface area contributed by atoms with Crippen LogP contribution in [-0.4, -0.2) is 43.8 Å². The van der Waals surface area contributed by atoms with Crippen molar-refractivity contribution in [3.05, 3.63) is 34.6 Å². The molecule has 1 N–H and O–H groups in total. The van der Waals surface area contributed by atoms with Crippen LogP contribution in [0.15, 0.2) is 18.2 Å². The van der Waals surface area contributed by atoms with Gasteiger partial charge in [0.2, 0.25) is 0 Å². The smallest absolute Gasteiger partial charge is 0.129 e. The van der Waals surface area contributed by atoms with Crippen molar-refractivity contribution < 1.29 is 9.13 Å². The first-order chi connectivity index (χ1) is 9.20. The molecule has 0 saturated carbocycles. The molecule has 1 fully saturated rings. The number of nitrogens with one attached hydrogen (secondary N) is 1. The third-order valence-electron chi connectivity index (χ3n) is 3.41. The molecule has 5 heteroatoms. The molecular formula is C14H20ClFN2O. The first kappa shape index (κ1) is 14.7. The van der Waals surface area contributed by atoms with Gasteiger partial charge in [-0.15, -0.1) is 0 Å². The molecule has 1 saturated heterocycles. The summed E-state index contributed by atoms with van der Waals surface area (Å²) in [5, 5.41) is 3.69. The predicted molar refractivity (Wildman–Crippen MR) is 75.0 cm³/mol. The highest BCUT2D eigenvalue weighted by atomic mass is 35.5. The SMILES string of the molecule is CCN1CCOC(CNCc2c(F)cccc2Cl)C1. The van der Waals surface area contributed by atoms with Gasteiger partial charge in [0.25, 0.3) is 0 Å². The van der Waals surface area contributed by atoms with E-state index in [0.717, 1.165) is 26.2 Å². The molecule has 0 aliphatic carbocycles. The predicted octanol–water partition coefficient (Wildman–Crippen LogP) is 2.29. The van der Waals surface area contributed by atoms with E-state index in [0.29, 0.717) is 23.7 Å². The third-order valence-corrected chi connectivity index (χ3v) is 3.76.